The molecule has 0 saturated heterocycles. The van der Waals surface area contributed by atoms with Gasteiger partial charge in [0.25, 0.3) is 0 Å². The van der Waals surface area contributed by atoms with E-state index in [2.05, 4.69) is 0 Å². The summed E-state index contributed by atoms with van der Waals surface area (Å²) in [5, 5.41) is 17.8. The van der Waals surface area contributed by atoms with Crippen molar-refractivity contribution in [2.45, 2.75) is 11.3 Å². The lowest BCUT2D eigenvalue weighted by Crippen LogP contribution is -2.00. The first kappa shape index (κ1) is 12.4. The maximum atomic E-state index is 10.9. The summed E-state index contributed by atoms with van der Waals surface area (Å²) in [6.45, 7) is 0.107. The molecule has 3 nitrogen and oxygen atoms in total. The number of aliphatic hydroxyl groups is 1. The Hall–Kier alpha value is -0.710. The third kappa shape index (κ3) is 3.41. The minimum Gasteiger partial charge on any atom is -0.478 e. The molecule has 0 saturated carbocycles. The van der Waals surface area contributed by atoms with E-state index in [-0.39, 0.29) is 17.2 Å². The summed E-state index contributed by atoms with van der Waals surface area (Å²) in [6.07, 6.45) is 0.635. The molecule has 0 aromatic heterocycles. The van der Waals surface area contributed by atoms with Gasteiger partial charge >= 0.3 is 5.97 Å². The average molecular weight is 247 g/mol. The molecule has 82 valence electrons. The smallest absolute Gasteiger partial charge is 0.338 e. The van der Waals surface area contributed by atoms with Crippen LogP contribution in [-0.2, 0) is 0 Å². The molecule has 1 aromatic rings. The van der Waals surface area contributed by atoms with Gasteiger partial charge in [0.05, 0.1) is 10.6 Å². The monoisotopic (exact) mass is 246 g/mol. The number of thioether (sulfide) groups is 1. The molecule has 0 spiro atoms. The Morgan fingerprint density at radius 1 is 1.47 bits per heavy atom. The lowest BCUT2D eigenvalue weighted by molar-refractivity contribution is 0.0693. The third-order valence-corrected chi connectivity index (χ3v) is 3.21. The molecule has 0 heterocycles. The van der Waals surface area contributed by atoms with Crippen molar-refractivity contribution in [3.63, 3.8) is 0 Å². The Morgan fingerprint density at radius 3 is 2.80 bits per heavy atom. The summed E-state index contributed by atoms with van der Waals surface area (Å²) in [7, 11) is 0. The van der Waals surface area contributed by atoms with Crippen LogP contribution in [0.5, 0.6) is 0 Å². The van der Waals surface area contributed by atoms with Gasteiger partial charge in [0.1, 0.15) is 0 Å². The van der Waals surface area contributed by atoms with Gasteiger partial charge in [-0.1, -0.05) is 17.7 Å². The van der Waals surface area contributed by atoms with E-state index >= 15 is 0 Å². The van der Waals surface area contributed by atoms with Gasteiger partial charge in [-0.05, 0) is 18.6 Å². The zero-order valence-electron chi connectivity index (χ0n) is 7.94. The number of halogens is 1. The Balaban J connectivity index is 2.86. The number of carbonyl (C=O) groups is 1. The number of hydrogen-bond acceptors (Lipinski definition) is 3. The fourth-order valence-electron chi connectivity index (χ4n) is 1.08. The molecule has 0 aliphatic rings. The molecule has 15 heavy (non-hydrogen) atoms. The molecule has 2 N–H and O–H groups in total. The number of carboxylic acid groups (broad SMARTS) is 1. The van der Waals surface area contributed by atoms with Gasteiger partial charge in [0, 0.05) is 17.3 Å². The summed E-state index contributed by atoms with van der Waals surface area (Å²) in [6, 6.07) is 4.99. The number of aromatic carboxylic acids is 1. The van der Waals surface area contributed by atoms with Crippen molar-refractivity contribution in [2.75, 3.05) is 12.4 Å². The van der Waals surface area contributed by atoms with E-state index in [1.807, 2.05) is 0 Å². The molecule has 0 unspecified atom stereocenters. The molecule has 0 atom stereocenters. The second-order valence-electron chi connectivity index (χ2n) is 2.84. The van der Waals surface area contributed by atoms with Crippen molar-refractivity contribution in [3.8, 4) is 0 Å². The second kappa shape index (κ2) is 6.00. The molecular weight excluding hydrogens is 236 g/mol. The van der Waals surface area contributed by atoms with Gasteiger partial charge in [-0.25, -0.2) is 4.79 Å². The maximum absolute atomic E-state index is 10.9. The summed E-state index contributed by atoms with van der Waals surface area (Å²) in [5.41, 5.74) is 0.141. The minimum atomic E-state index is -1.02. The predicted molar refractivity (Wildman–Crippen MR) is 60.8 cm³/mol. The molecule has 0 aliphatic carbocycles. The fourth-order valence-corrected chi connectivity index (χ4v) is 2.40. The lowest BCUT2D eigenvalue weighted by atomic mass is 10.2. The van der Waals surface area contributed by atoms with Crippen LogP contribution in [-0.4, -0.2) is 28.5 Å². The van der Waals surface area contributed by atoms with Crippen LogP contribution in [0.1, 0.15) is 16.8 Å². The summed E-state index contributed by atoms with van der Waals surface area (Å²) >= 11 is 7.18. The van der Waals surface area contributed by atoms with E-state index in [4.69, 9.17) is 21.8 Å². The molecule has 0 aliphatic heterocycles. The van der Waals surface area contributed by atoms with E-state index in [9.17, 15) is 4.79 Å². The summed E-state index contributed by atoms with van der Waals surface area (Å²) in [5.74, 6) is -0.344. The molecule has 0 radical (unpaired) electrons. The number of rotatable bonds is 5. The van der Waals surface area contributed by atoms with E-state index < -0.39 is 5.97 Å². The van der Waals surface area contributed by atoms with Crippen LogP contribution in [0.4, 0.5) is 0 Å². The number of benzene rings is 1. The van der Waals surface area contributed by atoms with E-state index in [0.717, 1.165) is 0 Å². The normalized spacial score (nSPS) is 10.3. The van der Waals surface area contributed by atoms with E-state index in [0.29, 0.717) is 17.1 Å². The van der Waals surface area contributed by atoms with E-state index in [1.165, 1.54) is 11.8 Å². The first-order valence-electron chi connectivity index (χ1n) is 4.42. The topological polar surface area (TPSA) is 57.5 Å². The Kier molecular flexibility index (Phi) is 4.94. The highest BCUT2D eigenvalue weighted by Crippen LogP contribution is 2.28. The molecule has 5 heteroatoms. The highest BCUT2D eigenvalue weighted by atomic mass is 35.5. The van der Waals surface area contributed by atoms with Gasteiger partial charge in [-0.15, -0.1) is 11.8 Å². The summed E-state index contributed by atoms with van der Waals surface area (Å²) in [4.78, 5) is 11.6. The van der Waals surface area contributed by atoms with Crippen LogP contribution in [0, 0.1) is 0 Å². The van der Waals surface area contributed by atoms with Gasteiger partial charge in [-0.2, -0.15) is 0 Å². The zero-order chi connectivity index (χ0) is 11.3. The standard InChI is InChI=1S/C10H11ClO3S/c11-7-3-1-4-8(9(7)10(13)14)15-6-2-5-12/h1,3-4,12H,2,5-6H2,(H,13,14). The van der Waals surface area contributed by atoms with E-state index in [1.54, 1.807) is 18.2 Å². The molecule has 0 bridgehead atoms. The molecular formula is C10H11ClO3S. The first-order chi connectivity index (χ1) is 7.16. The van der Waals surface area contributed by atoms with Gasteiger partial charge in [0.15, 0.2) is 0 Å². The first-order valence-corrected chi connectivity index (χ1v) is 5.78. The summed E-state index contributed by atoms with van der Waals surface area (Å²) < 4.78 is 0. The Morgan fingerprint density at radius 2 is 2.20 bits per heavy atom. The van der Waals surface area contributed by atoms with Crippen LogP contribution >= 0.6 is 23.4 Å². The quantitative estimate of drug-likeness (QED) is 0.619. The predicted octanol–water partition coefficient (Wildman–Crippen LogP) is 2.51. The van der Waals surface area contributed by atoms with Gasteiger partial charge < -0.3 is 10.2 Å². The fraction of sp³-hybridized carbons (Fsp3) is 0.300. The maximum Gasteiger partial charge on any atom is 0.338 e. The van der Waals surface area contributed by atoms with Crippen molar-refractivity contribution >= 4 is 29.3 Å². The van der Waals surface area contributed by atoms with Crippen molar-refractivity contribution in [1.29, 1.82) is 0 Å². The SMILES string of the molecule is O=C(O)c1c(Cl)cccc1SCCCO. The lowest BCUT2D eigenvalue weighted by Gasteiger charge is -2.06. The molecule has 0 amide bonds. The van der Waals surface area contributed by atoms with Crippen LogP contribution < -0.4 is 0 Å². The van der Waals surface area contributed by atoms with Crippen molar-refractivity contribution in [3.05, 3.63) is 28.8 Å². The number of carboxylic acids is 1. The molecule has 1 rings (SSSR count). The van der Waals surface area contributed by atoms with Crippen LogP contribution in [0.25, 0.3) is 0 Å². The Labute approximate surface area is 97.1 Å². The van der Waals surface area contributed by atoms with Gasteiger partial charge in [-0.3, -0.25) is 0 Å². The van der Waals surface area contributed by atoms with Crippen LogP contribution in [0.3, 0.4) is 0 Å². The van der Waals surface area contributed by atoms with Crippen molar-refractivity contribution < 1.29 is 15.0 Å². The van der Waals surface area contributed by atoms with Gasteiger partial charge in [0.2, 0.25) is 0 Å². The van der Waals surface area contributed by atoms with Crippen molar-refractivity contribution in [2.24, 2.45) is 0 Å². The third-order valence-electron chi connectivity index (χ3n) is 1.75. The second-order valence-corrected chi connectivity index (χ2v) is 4.39. The molecule has 0 fully saturated rings. The van der Waals surface area contributed by atoms with Crippen LogP contribution in [0.2, 0.25) is 5.02 Å². The van der Waals surface area contributed by atoms with Crippen LogP contribution in [0.15, 0.2) is 23.1 Å². The average Bonchev–Trinajstić information content (AvgIpc) is 2.17. The largest absolute Gasteiger partial charge is 0.478 e. The number of aliphatic hydroxyl groups excluding tert-OH is 1. The number of hydrogen-bond donors (Lipinski definition) is 2. The zero-order valence-corrected chi connectivity index (χ0v) is 9.51. The molecule has 1 aromatic carbocycles. The minimum absolute atomic E-state index is 0.107. The van der Waals surface area contributed by atoms with Crippen molar-refractivity contribution in [1.82, 2.24) is 0 Å². The highest BCUT2D eigenvalue weighted by Gasteiger charge is 2.13. The Bertz CT molecular complexity index is 355. The highest BCUT2D eigenvalue weighted by molar-refractivity contribution is 7.99.